The third-order valence-corrected chi connectivity index (χ3v) is 2.24. The van der Waals surface area contributed by atoms with Crippen LogP contribution in [0.25, 0.3) is 0 Å². The number of hydrazine groups is 1. The number of halogens is 3. The SMILES string of the molecule is C/C=C\C=C(\C(C)C)N(N)[C@H](C)C(F)(F)F. The zero-order chi connectivity index (χ0) is 12.9. The Morgan fingerprint density at radius 1 is 1.25 bits per heavy atom. The average Bonchev–Trinajstić information content (AvgIpc) is 2.15. The fourth-order valence-electron chi connectivity index (χ4n) is 1.15. The molecule has 0 spiro atoms. The van der Waals surface area contributed by atoms with Crippen LogP contribution in [0, 0.1) is 5.92 Å². The lowest BCUT2D eigenvalue weighted by Gasteiger charge is -2.31. The molecule has 0 unspecified atom stereocenters. The summed E-state index contributed by atoms with van der Waals surface area (Å²) in [5.74, 6) is 5.44. The number of nitrogens with two attached hydrogens (primary N) is 1. The van der Waals surface area contributed by atoms with Crippen molar-refractivity contribution in [3.05, 3.63) is 23.9 Å². The zero-order valence-corrected chi connectivity index (χ0v) is 10.0. The van der Waals surface area contributed by atoms with Crippen LogP contribution in [0.15, 0.2) is 23.9 Å². The highest BCUT2D eigenvalue weighted by molar-refractivity contribution is 5.13. The third kappa shape index (κ3) is 4.26. The molecule has 0 heterocycles. The summed E-state index contributed by atoms with van der Waals surface area (Å²) < 4.78 is 37.4. The van der Waals surface area contributed by atoms with Gasteiger partial charge in [-0.05, 0) is 25.8 Å². The van der Waals surface area contributed by atoms with E-state index in [9.17, 15) is 13.2 Å². The molecule has 0 aromatic rings. The van der Waals surface area contributed by atoms with Crippen LogP contribution in [0.2, 0.25) is 0 Å². The molecule has 0 rings (SSSR count). The molecule has 94 valence electrons. The van der Waals surface area contributed by atoms with Crippen LogP contribution in [-0.2, 0) is 0 Å². The standard InChI is InChI=1S/C11H19F3N2/c1-5-6-7-10(8(2)3)16(15)9(4)11(12,13)14/h5-9H,15H2,1-4H3/b6-5-,10-7-/t9-/m1/s1. The monoisotopic (exact) mass is 236 g/mol. The molecule has 2 nitrogen and oxygen atoms in total. The third-order valence-electron chi connectivity index (χ3n) is 2.24. The van der Waals surface area contributed by atoms with E-state index in [-0.39, 0.29) is 5.92 Å². The highest BCUT2D eigenvalue weighted by atomic mass is 19.4. The van der Waals surface area contributed by atoms with Gasteiger partial charge in [-0.1, -0.05) is 26.0 Å². The fraction of sp³-hybridized carbons (Fsp3) is 0.636. The van der Waals surface area contributed by atoms with Crippen LogP contribution in [0.1, 0.15) is 27.7 Å². The van der Waals surface area contributed by atoms with Crippen molar-refractivity contribution in [2.24, 2.45) is 11.8 Å². The fourth-order valence-corrected chi connectivity index (χ4v) is 1.15. The van der Waals surface area contributed by atoms with Gasteiger partial charge in [0.25, 0.3) is 0 Å². The first-order valence-electron chi connectivity index (χ1n) is 5.15. The van der Waals surface area contributed by atoms with Crippen LogP contribution in [0.4, 0.5) is 13.2 Å². The predicted octanol–water partition coefficient (Wildman–Crippen LogP) is 3.23. The van der Waals surface area contributed by atoms with E-state index in [1.165, 1.54) is 0 Å². The molecule has 0 aromatic heterocycles. The average molecular weight is 236 g/mol. The maximum Gasteiger partial charge on any atom is 0.409 e. The smallest absolute Gasteiger partial charge is 0.303 e. The molecule has 0 aliphatic carbocycles. The number of hydrogen-bond donors (Lipinski definition) is 1. The van der Waals surface area contributed by atoms with Gasteiger partial charge in [0, 0.05) is 5.70 Å². The maximum atomic E-state index is 12.5. The largest absolute Gasteiger partial charge is 0.409 e. The van der Waals surface area contributed by atoms with Gasteiger partial charge in [-0.25, -0.2) is 5.84 Å². The van der Waals surface area contributed by atoms with Crippen molar-refractivity contribution in [1.29, 1.82) is 0 Å². The lowest BCUT2D eigenvalue weighted by Crippen LogP contribution is -2.48. The van der Waals surface area contributed by atoms with Crippen molar-refractivity contribution in [2.45, 2.75) is 39.9 Å². The van der Waals surface area contributed by atoms with Crippen molar-refractivity contribution in [3.63, 3.8) is 0 Å². The van der Waals surface area contributed by atoms with Gasteiger partial charge in [0.05, 0.1) is 0 Å². The van der Waals surface area contributed by atoms with E-state index in [0.29, 0.717) is 5.70 Å². The van der Waals surface area contributed by atoms with Gasteiger partial charge in [0.2, 0.25) is 0 Å². The molecule has 0 bridgehead atoms. The van der Waals surface area contributed by atoms with E-state index in [4.69, 9.17) is 5.84 Å². The molecule has 0 aliphatic heterocycles. The molecule has 0 radical (unpaired) electrons. The van der Waals surface area contributed by atoms with Crippen molar-refractivity contribution in [3.8, 4) is 0 Å². The van der Waals surface area contributed by atoms with Gasteiger partial charge >= 0.3 is 6.18 Å². The van der Waals surface area contributed by atoms with E-state index in [1.807, 2.05) is 0 Å². The van der Waals surface area contributed by atoms with Gasteiger partial charge in [0.1, 0.15) is 6.04 Å². The molecule has 0 aliphatic rings. The van der Waals surface area contributed by atoms with Crippen molar-refractivity contribution in [1.82, 2.24) is 5.01 Å². The van der Waals surface area contributed by atoms with E-state index >= 15 is 0 Å². The molecule has 0 aromatic carbocycles. The Bertz CT molecular complexity index is 267. The summed E-state index contributed by atoms with van der Waals surface area (Å²) in [4.78, 5) is 0. The molecule has 0 amide bonds. The molecule has 16 heavy (non-hydrogen) atoms. The highest BCUT2D eigenvalue weighted by Crippen LogP contribution is 2.26. The van der Waals surface area contributed by atoms with Crippen LogP contribution in [0.3, 0.4) is 0 Å². The Hall–Kier alpha value is -0.970. The molecule has 0 fully saturated rings. The molecule has 0 saturated carbocycles. The first-order valence-corrected chi connectivity index (χ1v) is 5.15. The molecule has 1 atom stereocenters. The van der Waals surface area contributed by atoms with E-state index in [2.05, 4.69) is 0 Å². The lowest BCUT2D eigenvalue weighted by molar-refractivity contribution is -0.175. The lowest BCUT2D eigenvalue weighted by atomic mass is 10.1. The van der Waals surface area contributed by atoms with Crippen LogP contribution >= 0.6 is 0 Å². The second kappa shape index (κ2) is 5.94. The van der Waals surface area contributed by atoms with Gasteiger partial charge < -0.3 is 5.01 Å². The minimum Gasteiger partial charge on any atom is -0.303 e. The summed E-state index contributed by atoms with van der Waals surface area (Å²) in [5.41, 5.74) is 0.461. The van der Waals surface area contributed by atoms with Crippen molar-refractivity contribution in [2.75, 3.05) is 0 Å². The minimum atomic E-state index is -4.32. The Balaban J connectivity index is 4.96. The molecule has 0 saturated heterocycles. The molecular formula is C11H19F3N2. The predicted molar refractivity (Wildman–Crippen MR) is 59.3 cm³/mol. The van der Waals surface area contributed by atoms with Crippen LogP contribution in [-0.4, -0.2) is 17.2 Å². The number of allylic oxidation sites excluding steroid dienone is 4. The normalized spacial score (nSPS) is 15.9. The van der Waals surface area contributed by atoms with Gasteiger partial charge in [-0.15, -0.1) is 0 Å². The molecular weight excluding hydrogens is 217 g/mol. The number of rotatable bonds is 4. The van der Waals surface area contributed by atoms with Crippen LogP contribution < -0.4 is 5.84 Å². The Labute approximate surface area is 94.6 Å². The summed E-state index contributed by atoms with van der Waals surface area (Å²) in [5, 5.41) is 0.782. The Morgan fingerprint density at radius 2 is 1.75 bits per heavy atom. The van der Waals surface area contributed by atoms with Gasteiger partial charge in [0.15, 0.2) is 0 Å². The number of hydrogen-bond acceptors (Lipinski definition) is 2. The van der Waals surface area contributed by atoms with E-state index in [1.54, 1.807) is 39.0 Å². The first-order chi connectivity index (χ1) is 7.21. The van der Waals surface area contributed by atoms with Crippen molar-refractivity contribution < 1.29 is 13.2 Å². The van der Waals surface area contributed by atoms with E-state index < -0.39 is 12.2 Å². The summed E-state index contributed by atoms with van der Waals surface area (Å²) in [6.45, 7) is 6.45. The number of nitrogens with zero attached hydrogens (tertiary/aromatic N) is 1. The summed E-state index contributed by atoms with van der Waals surface area (Å²) >= 11 is 0. The molecule has 2 N–H and O–H groups in total. The highest BCUT2D eigenvalue weighted by Gasteiger charge is 2.40. The Kier molecular flexibility index (Phi) is 5.58. The topological polar surface area (TPSA) is 29.3 Å². The Morgan fingerprint density at radius 3 is 2.06 bits per heavy atom. The second-order valence-electron chi connectivity index (χ2n) is 3.90. The van der Waals surface area contributed by atoms with Gasteiger partial charge in [-0.2, -0.15) is 13.2 Å². The maximum absolute atomic E-state index is 12.5. The molecule has 5 heteroatoms. The second-order valence-corrected chi connectivity index (χ2v) is 3.90. The summed E-state index contributed by atoms with van der Waals surface area (Å²) in [6.07, 6.45) is 0.707. The first kappa shape index (κ1) is 15.0. The van der Waals surface area contributed by atoms with Gasteiger partial charge in [-0.3, -0.25) is 0 Å². The minimum absolute atomic E-state index is 0.0639. The summed E-state index contributed by atoms with van der Waals surface area (Å²) in [6, 6.07) is -1.69. The summed E-state index contributed by atoms with van der Waals surface area (Å²) in [7, 11) is 0. The zero-order valence-electron chi connectivity index (χ0n) is 10.0. The quantitative estimate of drug-likeness (QED) is 0.461. The van der Waals surface area contributed by atoms with Crippen molar-refractivity contribution >= 4 is 0 Å². The number of alkyl halides is 3. The van der Waals surface area contributed by atoms with Crippen LogP contribution in [0.5, 0.6) is 0 Å². The van der Waals surface area contributed by atoms with E-state index in [0.717, 1.165) is 11.9 Å².